The average molecular weight is 335 g/mol. The van der Waals surface area contributed by atoms with Gasteiger partial charge in [-0.15, -0.1) is 0 Å². The molecule has 1 aliphatic heterocycles. The maximum Gasteiger partial charge on any atom is 0.251 e. The van der Waals surface area contributed by atoms with Gasteiger partial charge in [0.25, 0.3) is 5.91 Å². The summed E-state index contributed by atoms with van der Waals surface area (Å²) in [5, 5.41) is 11.8. The van der Waals surface area contributed by atoms with Crippen molar-refractivity contribution in [2.75, 3.05) is 18.8 Å². The van der Waals surface area contributed by atoms with Crippen LogP contribution in [0.3, 0.4) is 0 Å². The number of piperidine rings is 1. The Kier molecular flexibility index (Phi) is 5.74. The molecule has 1 aliphatic rings. The fraction of sp³-hybridized carbons (Fsp3) is 0.500. The first-order chi connectivity index (χ1) is 11.0. The van der Waals surface area contributed by atoms with Crippen molar-refractivity contribution in [2.45, 2.75) is 32.2 Å². The fourth-order valence-electron chi connectivity index (χ4n) is 2.66. The Morgan fingerprint density at radius 3 is 2.70 bits per heavy atom. The minimum atomic E-state index is -3.16. The van der Waals surface area contributed by atoms with Crippen LogP contribution in [0.5, 0.6) is 0 Å². The van der Waals surface area contributed by atoms with Crippen LogP contribution < -0.4 is 5.32 Å². The molecule has 1 saturated heterocycles. The van der Waals surface area contributed by atoms with Crippen LogP contribution in [0.1, 0.15) is 42.1 Å². The van der Waals surface area contributed by atoms with E-state index < -0.39 is 10.0 Å². The molecule has 124 valence electrons. The maximum atomic E-state index is 12.2. The summed E-state index contributed by atoms with van der Waals surface area (Å²) in [6.07, 6.45) is 1.81. The molecule has 0 saturated carbocycles. The number of amides is 1. The Morgan fingerprint density at radius 2 is 2.09 bits per heavy atom. The van der Waals surface area contributed by atoms with Gasteiger partial charge in [-0.2, -0.15) is 5.26 Å². The second-order valence-electron chi connectivity index (χ2n) is 5.66. The number of nitriles is 1. The summed E-state index contributed by atoms with van der Waals surface area (Å²) in [4.78, 5) is 12.2. The zero-order valence-corrected chi connectivity index (χ0v) is 14.0. The SMILES string of the molecule is CCCS(=O)(=O)N1CCC(NC(=O)c2cccc(C#N)c2)CC1. The van der Waals surface area contributed by atoms with Crippen molar-refractivity contribution < 1.29 is 13.2 Å². The third-order valence-electron chi connectivity index (χ3n) is 3.90. The highest BCUT2D eigenvalue weighted by atomic mass is 32.2. The quantitative estimate of drug-likeness (QED) is 0.883. The van der Waals surface area contributed by atoms with Crippen LogP contribution in [-0.4, -0.2) is 43.5 Å². The molecular formula is C16H21N3O3S. The van der Waals surface area contributed by atoms with Crippen LogP contribution in [0.4, 0.5) is 0 Å². The minimum absolute atomic E-state index is 0.0404. The van der Waals surface area contributed by atoms with E-state index in [1.165, 1.54) is 4.31 Å². The van der Waals surface area contributed by atoms with Gasteiger partial charge in [0.15, 0.2) is 0 Å². The Labute approximate surface area is 137 Å². The van der Waals surface area contributed by atoms with E-state index >= 15 is 0 Å². The lowest BCUT2D eigenvalue weighted by Gasteiger charge is -2.31. The maximum absolute atomic E-state index is 12.2. The molecule has 1 aromatic carbocycles. The van der Waals surface area contributed by atoms with Gasteiger partial charge in [-0.3, -0.25) is 4.79 Å². The van der Waals surface area contributed by atoms with Crippen molar-refractivity contribution >= 4 is 15.9 Å². The van der Waals surface area contributed by atoms with Crippen LogP contribution in [0.2, 0.25) is 0 Å². The van der Waals surface area contributed by atoms with Gasteiger partial charge in [0.05, 0.1) is 17.4 Å². The lowest BCUT2D eigenvalue weighted by molar-refractivity contribution is 0.0924. The molecule has 0 aliphatic carbocycles. The Hall–Kier alpha value is -1.91. The topological polar surface area (TPSA) is 90.3 Å². The summed E-state index contributed by atoms with van der Waals surface area (Å²) in [5.74, 6) is -0.0534. The number of benzene rings is 1. The summed E-state index contributed by atoms with van der Waals surface area (Å²) in [5.41, 5.74) is 0.892. The fourth-order valence-corrected chi connectivity index (χ4v) is 4.21. The van der Waals surface area contributed by atoms with Gasteiger partial charge in [-0.05, 0) is 37.5 Å². The average Bonchev–Trinajstić information content (AvgIpc) is 2.55. The lowest BCUT2D eigenvalue weighted by atomic mass is 10.1. The van der Waals surface area contributed by atoms with Crippen molar-refractivity contribution in [3.63, 3.8) is 0 Å². The van der Waals surface area contributed by atoms with Crippen molar-refractivity contribution in [3.8, 4) is 6.07 Å². The summed E-state index contributed by atoms with van der Waals surface area (Å²) in [6, 6.07) is 8.50. The second kappa shape index (κ2) is 7.57. The number of hydrogen-bond donors (Lipinski definition) is 1. The lowest BCUT2D eigenvalue weighted by Crippen LogP contribution is -2.47. The molecule has 23 heavy (non-hydrogen) atoms. The molecule has 0 aromatic heterocycles. The molecule has 1 amide bonds. The van der Waals surface area contributed by atoms with Crippen molar-refractivity contribution in [1.82, 2.24) is 9.62 Å². The highest BCUT2D eigenvalue weighted by Gasteiger charge is 2.28. The Morgan fingerprint density at radius 1 is 1.39 bits per heavy atom. The van der Waals surface area contributed by atoms with Gasteiger partial charge in [0.2, 0.25) is 10.0 Å². The second-order valence-corrected chi connectivity index (χ2v) is 7.74. The van der Waals surface area contributed by atoms with E-state index in [9.17, 15) is 13.2 Å². The zero-order chi connectivity index (χ0) is 16.9. The van der Waals surface area contributed by atoms with E-state index in [0.717, 1.165) is 0 Å². The van der Waals surface area contributed by atoms with Crippen LogP contribution in [0.15, 0.2) is 24.3 Å². The van der Waals surface area contributed by atoms with Gasteiger partial charge in [0.1, 0.15) is 0 Å². The Bertz CT molecular complexity index is 702. The van der Waals surface area contributed by atoms with Gasteiger partial charge in [0, 0.05) is 24.7 Å². The summed E-state index contributed by atoms with van der Waals surface area (Å²) >= 11 is 0. The monoisotopic (exact) mass is 335 g/mol. The number of rotatable bonds is 5. The molecule has 0 atom stereocenters. The third kappa shape index (κ3) is 4.53. The largest absolute Gasteiger partial charge is 0.349 e. The number of sulfonamides is 1. The minimum Gasteiger partial charge on any atom is -0.349 e. The molecule has 1 N–H and O–H groups in total. The Balaban J connectivity index is 1.91. The molecule has 1 heterocycles. The van der Waals surface area contributed by atoms with E-state index in [4.69, 9.17) is 5.26 Å². The predicted molar refractivity (Wildman–Crippen MR) is 87.3 cm³/mol. The molecule has 0 bridgehead atoms. The van der Waals surface area contributed by atoms with E-state index in [-0.39, 0.29) is 17.7 Å². The number of hydrogen-bond acceptors (Lipinski definition) is 4. The van der Waals surface area contributed by atoms with Crippen molar-refractivity contribution in [2.24, 2.45) is 0 Å². The molecule has 1 fully saturated rings. The van der Waals surface area contributed by atoms with E-state index in [0.29, 0.717) is 43.5 Å². The molecule has 7 heteroatoms. The first-order valence-corrected chi connectivity index (χ1v) is 9.36. The van der Waals surface area contributed by atoms with Gasteiger partial charge in [-0.25, -0.2) is 12.7 Å². The smallest absolute Gasteiger partial charge is 0.251 e. The summed E-state index contributed by atoms with van der Waals surface area (Å²) in [7, 11) is -3.16. The summed E-state index contributed by atoms with van der Waals surface area (Å²) < 4.78 is 25.5. The van der Waals surface area contributed by atoms with Crippen molar-refractivity contribution in [1.29, 1.82) is 5.26 Å². The molecule has 1 aromatic rings. The van der Waals surface area contributed by atoms with Crippen LogP contribution in [0, 0.1) is 11.3 Å². The number of nitrogens with one attached hydrogen (secondary N) is 1. The van der Waals surface area contributed by atoms with Crippen molar-refractivity contribution in [3.05, 3.63) is 35.4 Å². The highest BCUT2D eigenvalue weighted by Crippen LogP contribution is 2.16. The van der Waals surface area contributed by atoms with Crippen LogP contribution >= 0.6 is 0 Å². The molecule has 0 spiro atoms. The molecule has 6 nitrogen and oxygen atoms in total. The third-order valence-corrected chi connectivity index (χ3v) is 5.97. The molecular weight excluding hydrogens is 314 g/mol. The normalized spacial score (nSPS) is 16.7. The first-order valence-electron chi connectivity index (χ1n) is 7.75. The van der Waals surface area contributed by atoms with Crippen LogP contribution in [0.25, 0.3) is 0 Å². The van der Waals surface area contributed by atoms with Gasteiger partial charge >= 0.3 is 0 Å². The molecule has 0 radical (unpaired) electrons. The number of carbonyl (C=O) groups excluding carboxylic acids is 1. The van der Waals surface area contributed by atoms with E-state index in [1.54, 1.807) is 24.3 Å². The standard InChI is InChI=1S/C16H21N3O3S/c1-2-10-23(21,22)19-8-6-15(7-9-19)18-16(20)14-5-3-4-13(11-14)12-17/h3-5,11,15H,2,6-10H2,1H3,(H,18,20). The first kappa shape index (κ1) is 17.4. The number of carbonyl (C=O) groups is 1. The van der Waals surface area contributed by atoms with Crippen LogP contribution in [-0.2, 0) is 10.0 Å². The molecule has 2 rings (SSSR count). The summed E-state index contributed by atoms with van der Waals surface area (Å²) in [6.45, 7) is 2.72. The van der Waals surface area contributed by atoms with Gasteiger partial charge < -0.3 is 5.32 Å². The highest BCUT2D eigenvalue weighted by molar-refractivity contribution is 7.89. The predicted octanol–water partition coefficient (Wildman–Crippen LogP) is 1.49. The van der Waals surface area contributed by atoms with E-state index in [1.807, 2.05) is 13.0 Å². The number of nitrogens with zero attached hydrogens (tertiary/aromatic N) is 2. The zero-order valence-electron chi connectivity index (χ0n) is 13.2. The van der Waals surface area contributed by atoms with Gasteiger partial charge in [-0.1, -0.05) is 13.0 Å². The van der Waals surface area contributed by atoms with E-state index in [2.05, 4.69) is 5.32 Å². The molecule has 0 unspecified atom stereocenters.